The Balaban J connectivity index is 2.13. The average molecular weight is 458 g/mol. The Hall–Kier alpha value is -2.35. The fourth-order valence-electron chi connectivity index (χ4n) is 5.05. The smallest absolute Gasteiger partial charge is 0.0702 e. The molecular formula is C32H45N2-. The molecule has 0 heterocycles. The van der Waals surface area contributed by atoms with E-state index in [1.165, 1.54) is 57.7 Å². The molecule has 2 nitrogen and oxygen atoms in total. The lowest BCUT2D eigenvalue weighted by Crippen LogP contribution is -2.08. The van der Waals surface area contributed by atoms with E-state index in [0.717, 1.165) is 18.6 Å². The van der Waals surface area contributed by atoms with Crippen LogP contribution in [0, 0.1) is 0 Å². The van der Waals surface area contributed by atoms with Crippen molar-refractivity contribution in [2.24, 2.45) is 4.99 Å². The number of nitrogens with zero attached hydrogens (tertiary/aromatic N) is 2. The highest BCUT2D eigenvalue weighted by Gasteiger charge is 2.17. The summed E-state index contributed by atoms with van der Waals surface area (Å²) in [6.45, 7) is 20.4. The topological polar surface area (TPSA) is 26.5 Å². The molecule has 0 saturated heterocycles. The number of para-hydroxylation sites is 2. The minimum absolute atomic E-state index is 0.446. The van der Waals surface area contributed by atoms with Crippen molar-refractivity contribution in [2.75, 3.05) is 0 Å². The van der Waals surface area contributed by atoms with Gasteiger partial charge < -0.3 is 5.32 Å². The van der Waals surface area contributed by atoms with E-state index >= 15 is 0 Å². The highest BCUT2D eigenvalue weighted by atomic mass is 14.9. The summed E-state index contributed by atoms with van der Waals surface area (Å²) in [6.07, 6.45) is 4.52. The lowest BCUT2D eigenvalue weighted by Gasteiger charge is -2.38. The van der Waals surface area contributed by atoms with Crippen molar-refractivity contribution in [3.05, 3.63) is 75.2 Å². The number of benzene rings is 2. The van der Waals surface area contributed by atoms with E-state index in [0.29, 0.717) is 23.7 Å². The zero-order chi connectivity index (χ0) is 25.0. The minimum atomic E-state index is 0.446. The number of aliphatic imine (C=N–C) groups is 1. The fourth-order valence-corrected chi connectivity index (χ4v) is 5.05. The summed E-state index contributed by atoms with van der Waals surface area (Å²) in [6, 6.07) is 13.4. The third-order valence-electron chi connectivity index (χ3n) is 7.09. The van der Waals surface area contributed by atoms with E-state index < -0.39 is 0 Å². The molecule has 0 atom stereocenters. The molecule has 3 rings (SSSR count). The Morgan fingerprint density at radius 3 is 1.59 bits per heavy atom. The van der Waals surface area contributed by atoms with Crippen molar-refractivity contribution in [2.45, 2.75) is 112 Å². The third kappa shape index (κ3) is 5.82. The van der Waals surface area contributed by atoms with Gasteiger partial charge in [-0.25, -0.2) is 0 Å². The molecule has 0 aromatic heterocycles. The summed E-state index contributed by atoms with van der Waals surface area (Å²) in [7, 11) is 0. The van der Waals surface area contributed by atoms with Crippen LogP contribution in [0.5, 0.6) is 0 Å². The second-order valence-electron chi connectivity index (χ2n) is 11.1. The summed E-state index contributed by atoms with van der Waals surface area (Å²) in [5, 5.41) is 5.42. The van der Waals surface area contributed by atoms with E-state index in [1.807, 2.05) is 0 Å². The first-order valence-corrected chi connectivity index (χ1v) is 13.4. The van der Waals surface area contributed by atoms with Gasteiger partial charge in [-0.05, 0) is 66.6 Å². The van der Waals surface area contributed by atoms with Gasteiger partial charge in [0.2, 0.25) is 0 Å². The second kappa shape index (κ2) is 11.4. The quantitative estimate of drug-likeness (QED) is 0.352. The summed E-state index contributed by atoms with van der Waals surface area (Å²) >= 11 is 0. The SMILES string of the molecule is CC(=Nc1c(C(C)C)cccc1C(C)C)C1=C([N-]c2c(C(C)C)cccc2C(C)C)CCCC1. The molecule has 2 aromatic carbocycles. The van der Waals surface area contributed by atoms with Crippen molar-refractivity contribution in [3.8, 4) is 0 Å². The Morgan fingerprint density at radius 1 is 0.676 bits per heavy atom. The maximum atomic E-state index is 5.42. The van der Waals surface area contributed by atoms with Gasteiger partial charge in [0.15, 0.2) is 0 Å². The molecule has 0 spiro atoms. The molecule has 2 aromatic rings. The molecule has 0 bridgehead atoms. The van der Waals surface area contributed by atoms with Crippen LogP contribution in [0.2, 0.25) is 0 Å². The van der Waals surface area contributed by atoms with Crippen LogP contribution in [0.3, 0.4) is 0 Å². The Morgan fingerprint density at radius 2 is 1.12 bits per heavy atom. The number of hydrogen-bond acceptors (Lipinski definition) is 1. The minimum Gasteiger partial charge on any atom is -0.661 e. The van der Waals surface area contributed by atoms with Crippen LogP contribution in [0.15, 0.2) is 52.7 Å². The van der Waals surface area contributed by atoms with Crippen LogP contribution in [-0.4, -0.2) is 5.71 Å². The lowest BCUT2D eigenvalue weighted by molar-refractivity contribution is 0.694. The Labute approximate surface area is 209 Å². The van der Waals surface area contributed by atoms with E-state index in [9.17, 15) is 0 Å². The van der Waals surface area contributed by atoms with E-state index in [-0.39, 0.29) is 0 Å². The van der Waals surface area contributed by atoms with Gasteiger partial charge >= 0.3 is 0 Å². The maximum absolute atomic E-state index is 5.42. The van der Waals surface area contributed by atoms with Crippen LogP contribution >= 0.6 is 0 Å². The number of rotatable bonds is 8. The molecule has 1 aliphatic rings. The number of allylic oxidation sites excluding steroid dienone is 2. The van der Waals surface area contributed by atoms with Gasteiger partial charge in [0.05, 0.1) is 5.69 Å². The van der Waals surface area contributed by atoms with Gasteiger partial charge in [-0.2, -0.15) is 5.70 Å². The highest BCUT2D eigenvalue weighted by molar-refractivity contribution is 6.01. The van der Waals surface area contributed by atoms with Crippen LogP contribution in [0.4, 0.5) is 11.4 Å². The van der Waals surface area contributed by atoms with Gasteiger partial charge in [0, 0.05) is 5.71 Å². The van der Waals surface area contributed by atoms with Gasteiger partial charge in [-0.1, -0.05) is 109 Å². The van der Waals surface area contributed by atoms with E-state index in [2.05, 4.69) is 98.7 Å². The summed E-state index contributed by atoms with van der Waals surface area (Å²) in [5.74, 6) is 1.79. The van der Waals surface area contributed by atoms with Crippen molar-refractivity contribution >= 4 is 17.1 Å². The van der Waals surface area contributed by atoms with E-state index in [1.54, 1.807) is 0 Å². The molecule has 34 heavy (non-hydrogen) atoms. The Bertz CT molecular complexity index is 998. The lowest BCUT2D eigenvalue weighted by atomic mass is 9.89. The molecule has 0 N–H and O–H groups in total. The molecular weight excluding hydrogens is 412 g/mol. The molecule has 0 aliphatic heterocycles. The van der Waals surface area contributed by atoms with E-state index in [4.69, 9.17) is 10.3 Å². The molecule has 0 unspecified atom stereocenters. The van der Waals surface area contributed by atoms with Crippen molar-refractivity contribution in [1.29, 1.82) is 0 Å². The van der Waals surface area contributed by atoms with Crippen LogP contribution in [0.25, 0.3) is 5.32 Å². The van der Waals surface area contributed by atoms with Gasteiger partial charge in [0.25, 0.3) is 0 Å². The second-order valence-corrected chi connectivity index (χ2v) is 11.1. The zero-order valence-corrected chi connectivity index (χ0v) is 23.0. The summed E-state index contributed by atoms with van der Waals surface area (Å²) in [4.78, 5) is 5.33. The third-order valence-corrected chi connectivity index (χ3v) is 7.09. The fraction of sp³-hybridized carbons (Fsp3) is 0.531. The highest BCUT2D eigenvalue weighted by Crippen LogP contribution is 2.44. The first-order valence-electron chi connectivity index (χ1n) is 13.4. The van der Waals surface area contributed by atoms with Crippen molar-refractivity contribution in [1.82, 2.24) is 0 Å². The van der Waals surface area contributed by atoms with Gasteiger partial charge in [0.1, 0.15) is 0 Å². The van der Waals surface area contributed by atoms with Crippen molar-refractivity contribution < 1.29 is 0 Å². The van der Waals surface area contributed by atoms with Gasteiger partial charge in [-0.15, -0.1) is 5.69 Å². The predicted octanol–water partition coefficient (Wildman–Crippen LogP) is 10.8. The molecule has 0 radical (unpaired) electrons. The molecule has 0 amide bonds. The Kier molecular flexibility index (Phi) is 8.79. The molecule has 184 valence electrons. The first kappa shape index (κ1) is 26.3. The summed E-state index contributed by atoms with van der Waals surface area (Å²) < 4.78 is 0. The normalized spacial score (nSPS) is 15.3. The first-order chi connectivity index (χ1) is 16.1. The molecule has 1 aliphatic carbocycles. The maximum Gasteiger partial charge on any atom is 0.0702 e. The molecule has 0 saturated carbocycles. The van der Waals surface area contributed by atoms with Crippen LogP contribution in [0.1, 0.15) is 134 Å². The van der Waals surface area contributed by atoms with Crippen molar-refractivity contribution in [3.63, 3.8) is 0 Å². The number of hydrogen-bond donors (Lipinski definition) is 0. The zero-order valence-electron chi connectivity index (χ0n) is 23.0. The standard InChI is InChI=1S/C32H45N2/c1-20(2)25-15-12-16-26(21(3)4)31(25)33-24(9)29-14-10-11-19-30(29)34-32-27(22(5)6)17-13-18-28(32)23(7)8/h12-13,15-18,20-23H,10-11,14,19H2,1-9H3/q-1. The predicted molar refractivity (Wildman–Crippen MR) is 151 cm³/mol. The van der Waals surface area contributed by atoms with Gasteiger partial charge in [-0.3, -0.25) is 4.99 Å². The molecule has 2 heteroatoms. The monoisotopic (exact) mass is 457 g/mol. The van der Waals surface area contributed by atoms with Crippen LogP contribution in [-0.2, 0) is 0 Å². The average Bonchev–Trinajstić information content (AvgIpc) is 2.79. The summed E-state index contributed by atoms with van der Waals surface area (Å²) in [5.41, 5.74) is 11.5. The van der Waals surface area contributed by atoms with Crippen LogP contribution < -0.4 is 0 Å². The molecule has 0 fully saturated rings. The largest absolute Gasteiger partial charge is 0.661 e.